The fourth-order valence-corrected chi connectivity index (χ4v) is 2.78. The van der Waals surface area contributed by atoms with Gasteiger partial charge in [-0.1, -0.05) is 12.1 Å². The normalized spacial score (nSPS) is 16.8. The molecule has 0 bridgehead atoms. The first-order chi connectivity index (χ1) is 12.3. The van der Waals surface area contributed by atoms with Gasteiger partial charge in [0.05, 0.1) is 25.9 Å². The molecule has 0 amide bonds. The fraction of sp³-hybridized carbons (Fsp3) is 0.389. The summed E-state index contributed by atoms with van der Waals surface area (Å²) in [6.45, 7) is 2.26. The van der Waals surface area contributed by atoms with Gasteiger partial charge in [-0.25, -0.2) is 9.97 Å². The van der Waals surface area contributed by atoms with Crippen LogP contribution in [0.5, 0.6) is 11.8 Å². The Morgan fingerprint density at radius 1 is 1.27 bits per heavy atom. The van der Waals surface area contributed by atoms with Crippen molar-refractivity contribution >= 4 is 29.9 Å². The predicted molar refractivity (Wildman–Crippen MR) is 111 cm³/mol. The van der Waals surface area contributed by atoms with E-state index in [2.05, 4.69) is 25.2 Å². The van der Waals surface area contributed by atoms with Crippen molar-refractivity contribution in [1.82, 2.24) is 20.2 Å². The number of nitrogens with zero attached hydrogens (tertiary/aromatic N) is 4. The predicted octanol–water partition coefficient (Wildman–Crippen LogP) is 2.33. The van der Waals surface area contributed by atoms with Crippen LogP contribution >= 0.6 is 24.0 Å². The Morgan fingerprint density at radius 3 is 2.85 bits per heavy atom. The standard InChI is InChI=1S/C18H23N5O2.HI/c1-19-18(21-12-14-6-5-8-17(22-14)24-2)23-11-9-15(13-23)25-16-7-3-4-10-20-16;/h3-8,10,15H,9,11-13H2,1-2H3,(H,19,21);1H. The Labute approximate surface area is 170 Å². The number of pyridine rings is 2. The monoisotopic (exact) mass is 469 g/mol. The highest BCUT2D eigenvalue weighted by Crippen LogP contribution is 2.16. The number of hydrogen-bond acceptors (Lipinski definition) is 5. The molecule has 1 fully saturated rings. The van der Waals surface area contributed by atoms with Crippen LogP contribution in [0.1, 0.15) is 12.1 Å². The molecular formula is C18H24IN5O2. The van der Waals surface area contributed by atoms with E-state index in [4.69, 9.17) is 9.47 Å². The summed E-state index contributed by atoms with van der Waals surface area (Å²) >= 11 is 0. The van der Waals surface area contributed by atoms with Crippen molar-refractivity contribution in [2.75, 3.05) is 27.2 Å². The van der Waals surface area contributed by atoms with Crippen molar-refractivity contribution in [2.24, 2.45) is 4.99 Å². The molecule has 0 saturated carbocycles. The zero-order chi connectivity index (χ0) is 17.5. The van der Waals surface area contributed by atoms with Gasteiger partial charge in [-0.15, -0.1) is 24.0 Å². The lowest BCUT2D eigenvalue weighted by atomic mass is 10.3. The lowest BCUT2D eigenvalue weighted by Crippen LogP contribution is -2.40. The van der Waals surface area contributed by atoms with Crippen molar-refractivity contribution < 1.29 is 9.47 Å². The second-order valence-corrected chi connectivity index (χ2v) is 5.71. The van der Waals surface area contributed by atoms with E-state index in [9.17, 15) is 0 Å². The zero-order valence-electron chi connectivity index (χ0n) is 15.0. The maximum absolute atomic E-state index is 5.93. The first-order valence-electron chi connectivity index (χ1n) is 8.31. The van der Waals surface area contributed by atoms with Crippen LogP contribution in [0, 0.1) is 0 Å². The maximum atomic E-state index is 5.93. The second-order valence-electron chi connectivity index (χ2n) is 5.71. The van der Waals surface area contributed by atoms with Crippen LogP contribution in [0.3, 0.4) is 0 Å². The van der Waals surface area contributed by atoms with Gasteiger partial charge >= 0.3 is 0 Å². The number of halogens is 1. The van der Waals surface area contributed by atoms with Crippen molar-refractivity contribution in [3.05, 3.63) is 48.3 Å². The van der Waals surface area contributed by atoms with Crippen LogP contribution in [-0.2, 0) is 6.54 Å². The summed E-state index contributed by atoms with van der Waals surface area (Å²) in [5.41, 5.74) is 0.904. The zero-order valence-corrected chi connectivity index (χ0v) is 17.3. The van der Waals surface area contributed by atoms with Crippen molar-refractivity contribution in [3.63, 3.8) is 0 Å². The summed E-state index contributed by atoms with van der Waals surface area (Å²) in [6.07, 6.45) is 2.79. The first-order valence-corrected chi connectivity index (χ1v) is 8.31. The number of aliphatic imine (C=N–C) groups is 1. The van der Waals surface area contributed by atoms with Crippen LogP contribution in [-0.4, -0.2) is 54.2 Å². The minimum Gasteiger partial charge on any atom is -0.481 e. The van der Waals surface area contributed by atoms with Gasteiger partial charge in [0.2, 0.25) is 11.8 Å². The molecule has 1 aliphatic rings. The summed E-state index contributed by atoms with van der Waals surface area (Å²) in [5.74, 6) is 2.12. The van der Waals surface area contributed by atoms with Crippen molar-refractivity contribution in [2.45, 2.75) is 19.1 Å². The molecule has 3 rings (SSSR count). The Kier molecular flexibility index (Phi) is 7.89. The molecule has 2 aromatic rings. The number of likely N-dealkylation sites (tertiary alicyclic amines) is 1. The van der Waals surface area contributed by atoms with E-state index < -0.39 is 0 Å². The summed E-state index contributed by atoms with van der Waals surface area (Å²) < 4.78 is 11.1. The third kappa shape index (κ3) is 5.45. The molecule has 1 aliphatic heterocycles. The van der Waals surface area contributed by atoms with Gasteiger partial charge in [0.15, 0.2) is 5.96 Å². The molecule has 2 aromatic heterocycles. The number of methoxy groups -OCH3 is 1. The van der Waals surface area contributed by atoms with Gasteiger partial charge in [0, 0.05) is 38.3 Å². The van der Waals surface area contributed by atoms with Crippen LogP contribution < -0.4 is 14.8 Å². The minimum atomic E-state index is 0. The average molecular weight is 469 g/mol. The quantitative estimate of drug-likeness (QED) is 0.412. The molecule has 26 heavy (non-hydrogen) atoms. The number of aromatic nitrogens is 2. The molecule has 1 N–H and O–H groups in total. The molecule has 7 nitrogen and oxygen atoms in total. The molecule has 8 heteroatoms. The third-order valence-corrected chi connectivity index (χ3v) is 4.00. The number of ether oxygens (including phenoxy) is 2. The molecule has 1 unspecified atom stereocenters. The number of rotatable bonds is 5. The summed E-state index contributed by atoms with van der Waals surface area (Å²) in [7, 11) is 3.40. The van der Waals surface area contributed by atoms with E-state index in [1.165, 1.54) is 0 Å². The van der Waals surface area contributed by atoms with Crippen molar-refractivity contribution in [3.8, 4) is 11.8 Å². The maximum Gasteiger partial charge on any atom is 0.213 e. The van der Waals surface area contributed by atoms with Gasteiger partial charge in [-0.2, -0.15) is 0 Å². The lowest BCUT2D eigenvalue weighted by Gasteiger charge is -2.21. The van der Waals surface area contributed by atoms with E-state index in [1.807, 2.05) is 36.4 Å². The van der Waals surface area contributed by atoms with E-state index in [0.29, 0.717) is 18.3 Å². The Hall–Kier alpha value is -2.10. The molecule has 1 atom stereocenters. The number of hydrogen-bond donors (Lipinski definition) is 1. The summed E-state index contributed by atoms with van der Waals surface area (Å²) in [6, 6.07) is 11.4. The molecule has 0 radical (unpaired) electrons. The van der Waals surface area contributed by atoms with Gasteiger partial charge in [-0.3, -0.25) is 4.99 Å². The third-order valence-electron chi connectivity index (χ3n) is 4.00. The Bertz CT molecular complexity index is 714. The van der Waals surface area contributed by atoms with Gasteiger partial charge < -0.3 is 19.7 Å². The molecule has 1 saturated heterocycles. The van der Waals surface area contributed by atoms with E-state index in [-0.39, 0.29) is 30.1 Å². The lowest BCUT2D eigenvalue weighted by molar-refractivity contribution is 0.205. The van der Waals surface area contributed by atoms with Crippen LogP contribution in [0.25, 0.3) is 0 Å². The van der Waals surface area contributed by atoms with E-state index in [1.54, 1.807) is 20.4 Å². The largest absolute Gasteiger partial charge is 0.481 e. The Morgan fingerprint density at radius 2 is 2.12 bits per heavy atom. The van der Waals surface area contributed by atoms with Crippen LogP contribution in [0.2, 0.25) is 0 Å². The highest BCUT2D eigenvalue weighted by molar-refractivity contribution is 14.0. The fourth-order valence-electron chi connectivity index (χ4n) is 2.78. The van der Waals surface area contributed by atoms with Crippen molar-refractivity contribution in [1.29, 1.82) is 0 Å². The molecule has 0 spiro atoms. The number of guanidine groups is 1. The minimum absolute atomic E-state index is 0. The molecule has 140 valence electrons. The van der Waals surface area contributed by atoms with E-state index >= 15 is 0 Å². The topological polar surface area (TPSA) is 71.9 Å². The van der Waals surface area contributed by atoms with Crippen LogP contribution in [0.15, 0.2) is 47.6 Å². The average Bonchev–Trinajstić information content (AvgIpc) is 3.11. The van der Waals surface area contributed by atoms with Gasteiger partial charge in [0.1, 0.15) is 6.10 Å². The highest BCUT2D eigenvalue weighted by Gasteiger charge is 2.26. The SMILES string of the molecule is CN=C(NCc1cccc(OC)n1)N1CCC(Oc2ccccn2)C1.I. The molecule has 0 aliphatic carbocycles. The molecular weight excluding hydrogens is 445 g/mol. The second kappa shape index (κ2) is 10.1. The highest BCUT2D eigenvalue weighted by atomic mass is 127. The Balaban J connectivity index is 0.00000243. The first kappa shape index (κ1) is 20.2. The van der Waals surface area contributed by atoms with E-state index in [0.717, 1.165) is 31.2 Å². The van der Waals surface area contributed by atoms with Gasteiger partial charge in [0.25, 0.3) is 0 Å². The smallest absolute Gasteiger partial charge is 0.213 e. The summed E-state index contributed by atoms with van der Waals surface area (Å²) in [5, 5.41) is 3.35. The van der Waals surface area contributed by atoms with Gasteiger partial charge in [-0.05, 0) is 12.1 Å². The molecule has 3 heterocycles. The summed E-state index contributed by atoms with van der Waals surface area (Å²) in [4.78, 5) is 15.2. The molecule has 0 aromatic carbocycles. The number of nitrogens with one attached hydrogen (secondary N) is 1. The van der Waals surface area contributed by atoms with Crippen LogP contribution in [0.4, 0.5) is 0 Å².